The van der Waals surface area contributed by atoms with Crippen LogP contribution in [-0.4, -0.2) is 25.1 Å². The number of nitrogens with zero attached hydrogens (tertiary/aromatic N) is 1. The quantitative estimate of drug-likeness (QED) is 0.666. The molecule has 0 fully saturated rings. The van der Waals surface area contributed by atoms with Crippen LogP contribution in [0.15, 0.2) is 65.2 Å². The summed E-state index contributed by atoms with van der Waals surface area (Å²) in [6, 6.07) is 7.85. The second-order valence-electron chi connectivity index (χ2n) is 4.45. The van der Waals surface area contributed by atoms with Gasteiger partial charge in [0.25, 0.3) is 0 Å². The third-order valence-electron chi connectivity index (χ3n) is 3.02. The second-order valence-corrected chi connectivity index (χ2v) is 5.25. The van der Waals surface area contributed by atoms with Crippen molar-refractivity contribution in [2.45, 2.75) is 6.42 Å². The van der Waals surface area contributed by atoms with Crippen molar-refractivity contribution in [3.8, 4) is 5.75 Å². The number of amidine groups is 1. The van der Waals surface area contributed by atoms with Gasteiger partial charge < -0.3 is 10.1 Å². The molecule has 0 amide bonds. The molecule has 3 nitrogen and oxygen atoms in total. The summed E-state index contributed by atoms with van der Waals surface area (Å²) in [5, 5.41) is 4.20. The minimum Gasteiger partial charge on any atom is -0.495 e. The van der Waals surface area contributed by atoms with Crippen LogP contribution in [0.25, 0.3) is 0 Å². The van der Waals surface area contributed by atoms with Crippen LogP contribution in [0.3, 0.4) is 0 Å². The third-order valence-corrected chi connectivity index (χ3v) is 3.64. The zero-order valence-corrected chi connectivity index (χ0v) is 13.2. The maximum absolute atomic E-state index is 5.34. The van der Waals surface area contributed by atoms with E-state index in [4.69, 9.17) is 4.74 Å². The molecular weight excluding hydrogens is 280 g/mol. The van der Waals surface area contributed by atoms with Crippen LogP contribution in [0.2, 0.25) is 0 Å². The molecule has 0 bridgehead atoms. The molecule has 1 aromatic rings. The monoisotopic (exact) mass is 300 g/mol. The Morgan fingerprint density at radius 1 is 1.33 bits per heavy atom. The van der Waals surface area contributed by atoms with Crippen LogP contribution < -0.4 is 10.1 Å². The Bertz CT molecular complexity index is 588. The number of thioether (sulfide) groups is 1. The molecule has 1 aromatic carbocycles. The van der Waals surface area contributed by atoms with Crippen LogP contribution in [0.4, 0.5) is 5.69 Å². The molecule has 0 aromatic heterocycles. The van der Waals surface area contributed by atoms with Gasteiger partial charge in [0.15, 0.2) is 5.17 Å². The Balaban J connectivity index is 2.05. The Hall–Kier alpha value is -1.94. The van der Waals surface area contributed by atoms with Gasteiger partial charge in [-0.05, 0) is 30.4 Å². The molecule has 0 radical (unpaired) electrons. The number of ether oxygens (including phenoxy) is 1. The molecule has 0 spiro atoms. The predicted molar refractivity (Wildman–Crippen MR) is 93.4 cm³/mol. The Morgan fingerprint density at radius 3 is 3.00 bits per heavy atom. The van der Waals surface area contributed by atoms with E-state index in [1.54, 1.807) is 18.9 Å². The van der Waals surface area contributed by atoms with Crippen molar-refractivity contribution >= 4 is 22.6 Å². The number of hydrogen-bond donors (Lipinski definition) is 1. The van der Waals surface area contributed by atoms with Crippen molar-refractivity contribution in [2.75, 3.05) is 25.2 Å². The highest BCUT2D eigenvalue weighted by molar-refractivity contribution is 8.13. The molecule has 0 saturated heterocycles. The number of anilines is 1. The van der Waals surface area contributed by atoms with E-state index in [1.165, 1.54) is 5.57 Å². The lowest BCUT2D eigenvalue weighted by Gasteiger charge is -2.11. The average Bonchev–Trinajstić information content (AvgIpc) is 2.80. The van der Waals surface area contributed by atoms with Crippen LogP contribution in [-0.2, 0) is 0 Å². The topological polar surface area (TPSA) is 33.6 Å². The molecule has 1 N–H and O–H groups in total. The van der Waals surface area contributed by atoms with E-state index >= 15 is 0 Å². The summed E-state index contributed by atoms with van der Waals surface area (Å²) in [5.41, 5.74) is 2.16. The molecule has 21 heavy (non-hydrogen) atoms. The third kappa shape index (κ3) is 4.83. The summed E-state index contributed by atoms with van der Waals surface area (Å²) in [7, 11) is 1.67. The summed E-state index contributed by atoms with van der Waals surface area (Å²) in [4.78, 5) is 4.64. The molecular formula is C17H20N2OS. The number of aliphatic imine (C=N–C) groups is 1. The summed E-state index contributed by atoms with van der Waals surface area (Å²) < 4.78 is 5.34. The summed E-state index contributed by atoms with van der Waals surface area (Å²) >= 11 is 1.59. The molecule has 0 saturated carbocycles. The zero-order valence-electron chi connectivity index (χ0n) is 12.4. The number of rotatable bonds is 4. The van der Waals surface area contributed by atoms with Gasteiger partial charge in [-0.2, -0.15) is 0 Å². The number of benzene rings is 1. The van der Waals surface area contributed by atoms with Crippen molar-refractivity contribution in [1.82, 2.24) is 0 Å². The number of allylic oxidation sites excluding steroid dienone is 4. The lowest BCUT2D eigenvalue weighted by molar-refractivity contribution is 0.417. The SMILES string of the molecule is COc1ccccc1NC(=NCC1=CCC=CC=C1)SC. The zero-order chi connectivity index (χ0) is 14.9. The lowest BCUT2D eigenvalue weighted by Crippen LogP contribution is -2.09. The van der Waals surface area contributed by atoms with Crippen LogP contribution >= 0.6 is 11.8 Å². The van der Waals surface area contributed by atoms with Crippen LogP contribution in [0, 0.1) is 0 Å². The maximum atomic E-state index is 5.34. The standard InChI is InChI=1S/C17H20N2OS/c1-20-16-12-8-7-11-15(16)19-17(21-2)18-13-14-9-5-3-4-6-10-14/h3-5,7-12H,6,13H2,1-2H3,(H,18,19). The van der Waals surface area contributed by atoms with Crippen LogP contribution in [0.1, 0.15) is 6.42 Å². The fourth-order valence-corrected chi connectivity index (χ4v) is 2.33. The molecule has 0 atom stereocenters. The number of hydrogen-bond acceptors (Lipinski definition) is 3. The van der Waals surface area contributed by atoms with Gasteiger partial charge in [-0.25, -0.2) is 0 Å². The average molecular weight is 300 g/mol. The fraction of sp³-hybridized carbons (Fsp3) is 0.235. The first kappa shape index (κ1) is 15.4. The maximum Gasteiger partial charge on any atom is 0.161 e. The highest BCUT2D eigenvalue weighted by Crippen LogP contribution is 2.24. The molecule has 0 unspecified atom stereocenters. The van der Waals surface area contributed by atoms with Gasteiger partial charge >= 0.3 is 0 Å². The van der Waals surface area contributed by atoms with Crippen LogP contribution in [0.5, 0.6) is 5.75 Å². The van der Waals surface area contributed by atoms with Gasteiger partial charge in [0.05, 0.1) is 19.3 Å². The van der Waals surface area contributed by atoms with Gasteiger partial charge in [-0.3, -0.25) is 4.99 Å². The van der Waals surface area contributed by atoms with E-state index < -0.39 is 0 Å². The van der Waals surface area contributed by atoms with Crippen molar-refractivity contribution in [3.63, 3.8) is 0 Å². The second kappa shape index (κ2) is 8.37. The van der Waals surface area contributed by atoms with E-state index in [2.05, 4.69) is 40.7 Å². The molecule has 2 rings (SSSR count). The molecule has 110 valence electrons. The number of nitrogens with one attached hydrogen (secondary N) is 1. The Labute approximate surface area is 130 Å². The fourth-order valence-electron chi connectivity index (χ4n) is 1.92. The minimum absolute atomic E-state index is 0.677. The molecule has 4 heteroatoms. The highest BCUT2D eigenvalue weighted by Gasteiger charge is 2.04. The van der Waals surface area contributed by atoms with Gasteiger partial charge in [-0.15, -0.1) is 0 Å². The minimum atomic E-state index is 0.677. The first-order chi connectivity index (χ1) is 10.3. The largest absolute Gasteiger partial charge is 0.495 e. The summed E-state index contributed by atoms with van der Waals surface area (Å²) in [6.07, 6.45) is 13.5. The predicted octanol–water partition coefficient (Wildman–Crippen LogP) is 4.27. The van der Waals surface area contributed by atoms with E-state index in [-0.39, 0.29) is 0 Å². The molecule has 0 aliphatic heterocycles. The van der Waals surface area contributed by atoms with Gasteiger partial charge in [-0.1, -0.05) is 54.3 Å². The lowest BCUT2D eigenvalue weighted by atomic mass is 10.2. The first-order valence-electron chi connectivity index (χ1n) is 6.84. The molecule has 0 heterocycles. The van der Waals surface area contributed by atoms with E-state index in [0.717, 1.165) is 23.0 Å². The number of methoxy groups -OCH3 is 1. The summed E-state index contributed by atoms with van der Waals surface area (Å²) in [5.74, 6) is 0.817. The Morgan fingerprint density at radius 2 is 2.19 bits per heavy atom. The van der Waals surface area contributed by atoms with Crippen molar-refractivity contribution in [1.29, 1.82) is 0 Å². The normalized spacial score (nSPS) is 14.6. The van der Waals surface area contributed by atoms with E-state index in [0.29, 0.717) is 6.54 Å². The van der Waals surface area contributed by atoms with Gasteiger partial charge in [0.1, 0.15) is 5.75 Å². The van der Waals surface area contributed by atoms with E-state index in [1.807, 2.05) is 30.5 Å². The molecule has 1 aliphatic carbocycles. The van der Waals surface area contributed by atoms with Gasteiger partial charge in [0.2, 0.25) is 0 Å². The molecule has 1 aliphatic rings. The Kier molecular flexibility index (Phi) is 6.16. The van der Waals surface area contributed by atoms with Crippen molar-refractivity contribution in [2.24, 2.45) is 4.99 Å². The smallest absolute Gasteiger partial charge is 0.161 e. The summed E-state index contributed by atoms with van der Waals surface area (Å²) in [6.45, 7) is 0.677. The number of para-hydroxylation sites is 2. The first-order valence-corrected chi connectivity index (χ1v) is 8.06. The highest BCUT2D eigenvalue weighted by atomic mass is 32.2. The van der Waals surface area contributed by atoms with E-state index in [9.17, 15) is 0 Å². The van der Waals surface area contributed by atoms with Crippen molar-refractivity contribution < 1.29 is 4.74 Å². The van der Waals surface area contributed by atoms with Crippen molar-refractivity contribution in [3.05, 3.63) is 60.2 Å². The van der Waals surface area contributed by atoms with Gasteiger partial charge in [0, 0.05) is 0 Å².